The highest BCUT2D eigenvalue weighted by atomic mass is 35.5. The molecule has 1 unspecified atom stereocenters. The van der Waals surface area contributed by atoms with Crippen LogP contribution < -0.4 is 5.32 Å². The van der Waals surface area contributed by atoms with E-state index in [0.717, 1.165) is 6.26 Å². The highest BCUT2D eigenvalue weighted by molar-refractivity contribution is 7.90. The molecule has 1 aromatic carbocycles. The van der Waals surface area contributed by atoms with Gasteiger partial charge in [-0.05, 0) is 31.5 Å². The molecule has 1 atom stereocenters. The average Bonchev–Trinajstić information content (AvgIpc) is 2.24. The van der Waals surface area contributed by atoms with Gasteiger partial charge in [0.2, 0.25) is 5.91 Å². The predicted octanol–water partition coefficient (Wildman–Crippen LogP) is 2.51. The summed E-state index contributed by atoms with van der Waals surface area (Å²) in [6.07, 6.45) is 1.08. The van der Waals surface area contributed by atoms with Gasteiger partial charge in [-0.25, -0.2) is 12.8 Å². The second-order valence-electron chi connectivity index (χ2n) is 5.73. The molecule has 7 heteroatoms. The van der Waals surface area contributed by atoms with E-state index in [9.17, 15) is 17.6 Å². The molecule has 21 heavy (non-hydrogen) atoms. The third kappa shape index (κ3) is 5.28. The first kappa shape index (κ1) is 17.9. The topological polar surface area (TPSA) is 63.2 Å². The normalized spacial score (nSPS) is 13.8. The van der Waals surface area contributed by atoms with Gasteiger partial charge in [-0.2, -0.15) is 0 Å². The minimum Gasteiger partial charge on any atom is -0.347 e. The highest BCUT2D eigenvalue weighted by Gasteiger charge is 2.28. The van der Waals surface area contributed by atoms with Crippen LogP contribution in [0.25, 0.3) is 0 Å². The van der Waals surface area contributed by atoms with E-state index in [2.05, 4.69) is 5.32 Å². The Labute approximate surface area is 129 Å². The van der Waals surface area contributed by atoms with Crippen molar-refractivity contribution in [2.75, 3.05) is 12.0 Å². The molecule has 0 aromatic heterocycles. The number of sulfone groups is 1. The first-order valence-electron chi connectivity index (χ1n) is 6.37. The van der Waals surface area contributed by atoms with Gasteiger partial charge < -0.3 is 5.32 Å². The summed E-state index contributed by atoms with van der Waals surface area (Å²) in [5.74, 6) is -1.77. The van der Waals surface area contributed by atoms with Crippen molar-refractivity contribution in [1.82, 2.24) is 5.32 Å². The van der Waals surface area contributed by atoms with Crippen molar-refractivity contribution in [2.45, 2.75) is 26.3 Å². The van der Waals surface area contributed by atoms with E-state index in [1.54, 1.807) is 20.8 Å². The monoisotopic (exact) mass is 335 g/mol. The number of carbonyl (C=O) groups excluding carboxylic acids is 1. The van der Waals surface area contributed by atoms with Crippen molar-refractivity contribution >= 4 is 27.3 Å². The van der Waals surface area contributed by atoms with Gasteiger partial charge in [-0.3, -0.25) is 4.79 Å². The van der Waals surface area contributed by atoms with Crippen molar-refractivity contribution in [2.24, 2.45) is 5.92 Å². The molecule has 0 radical (unpaired) electrons. The number of nitrogens with one attached hydrogen (secondary N) is 1. The van der Waals surface area contributed by atoms with Crippen LogP contribution >= 0.6 is 11.6 Å². The Balaban J connectivity index is 2.91. The van der Waals surface area contributed by atoms with Crippen LogP contribution in [-0.4, -0.2) is 26.3 Å². The number of carbonyl (C=O) groups is 1. The molecule has 0 saturated carbocycles. The van der Waals surface area contributed by atoms with Crippen LogP contribution in [0.3, 0.4) is 0 Å². The molecular weight excluding hydrogens is 317 g/mol. The lowest BCUT2D eigenvalue weighted by Gasteiger charge is -2.29. The van der Waals surface area contributed by atoms with Gasteiger partial charge in [0.15, 0.2) is 0 Å². The van der Waals surface area contributed by atoms with Gasteiger partial charge in [-0.15, -0.1) is 0 Å². The first-order chi connectivity index (χ1) is 9.42. The predicted molar refractivity (Wildman–Crippen MR) is 81.5 cm³/mol. The van der Waals surface area contributed by atoms with E-state index in [4.69, 9.17) is 11.6 Å². The van der Waals surface area contributed by atoms with Crippen LogP contribution in [-0.2, 0) is 20.2 Å². The number of halogens is 2. The van der Waals surface area contributed by atoms with Crippen LogP contribution in [0.2, 0.25) is 5.02 Å². The van der Waals surface area contributed by atoms with Crippen LogP contribution in [0, 0.1) is 11.7 Å². The molecule has 1 rings (SSSR count). The van der Waals surface area contributed by atoms with Gasteiger partial charge in [0, 0.05) is 17.2 Å². The molecule has 0 aliphatic heterocycles. The van der Waals surface area contributed by atoms with E-state index in [1.165, 1.54) is 18.2 Å². The van der Waals surface area contributed by atoms with Crippen molar-refractivity contribution < 1.29 is 17.6 Å². The SMILES string of the molecule is CC(CS(C)(=O)=O)C(=O)NC(C)(C)c1ccc(F)cc1Cl. The fourth-order valence-electron chi connectivity index (χ4n) is 2.02. The fourth-order valence-corrected chi connectivity index (χ4v) is 3.49. The van der Waals surface area contributed by atoms with Crippen LogP contribution in [0.4, 0.5) is 4.39 Å². The Hall–Kier alpha value is -1.14. The Morgan fingerprint density at radius 3 is 2.48 bits per heavy atom. The van der Waals surface area contributed by atoms with Gasteiger partial charge in [-0.1, -0.05) is 24.6 Å². The minimum absolute atomic E-state index is 0.205. The maximum atomic E-state index is 13.1. The van der Waals surface area contributed by atoms with Crippen LogP contribution in [0.15, 0.2) is 18.2 Å². The Bertz CT molecular complexity index is 644. The molecule has 0 bridgehead atoms. The van der Waals surface area contributed by atoms with Crippen molar-refractivity contribution in [1.29, 1.82) is 0 Å². The van der Waals surface area contributed by atoms with Gasteiger partial charge in [0.1, 0.15) is 15.7 Å². The summed E-state index contributed by atoms with van der Waals surface area (Å²) in [6.45, 7) is 4.98. The molecule has 1 aromatic rings. The van der Waals surface area contributed by atoms with E-state index < -0.39 is 33.0 Å². The molecule has 0 spiro atoms. The highest BCUT2D eigenvalue weighted by Crippen LogP contribution is 2.28. The zero-order valence-electron chi connectivity index (χ0n) is 12.4. The zero-order valence-corrected chi connectivity index (χ0v) is 14.0. The number of benzene rings is 1. The molecule has 118 valence electrons. The van der Waals surface area contributed by atoms with Crippen molar-refractivity contribution in [3.63, 3.8) is 0 Å². The summed E-state index contributed by atoms with van der Waals surface area (Å²) in [6, 6.07) is 3.93. The number of hydrogen-bond acceptors (Lipinski definition) is 3. The first-order valence-corrected chi connectivity index (χ1v) is 8.81. The van der Waals surface area contributed by atoms with E-state index in [1.807, 2.05) is 0 Å². The van der Waals surface area contributed by atoms with Crippen LogP contribution in [0.5, 0.6) is 0 Å². The van der Waals surface area contributed by atoms with Gasteiger partial charge in [0.05, 0.1) is 11.3 Å². The summed E-state index contributed by atoms with van der Waals surface area (Å²) in [5.41, 5.74) is -0.279. The third-order valence-corrected chi connectivity index (χ3v) is 4.46. The Morgan fingerprint density at radius 1 is 1.43 bits per heavy atom. The lowest BCUT2D eigenvalue weighted by atomic mass is 9.93. The van der Waals surface area contributed by atoms with E-state index in [0.29, 0.717) is 5.56 Å². The fraction of sp³-hybridized carbons (Fsp3) is 0.500. The number of hydrogen-bond donors (Lipinski definition) is 1. The molecule has 4 nitrogen and oxygen atoms in total. The lowest BCUT2D eigenvalue weighted by Crippen LogP contribution is -2.44. The van der Waals surface area contributed by atoms with Crippen molar-refractivity contribution in [3.8, 4) is 0 Å². The standard InChI is InChI=1S/C14H19ClFNO3S/c1-9(8-21(4,19)20)13(18)17-14(2,3)11-6-5-10(16)7-12(11)15/h5-7,9H,8H2,1-4H3,(H,17,18). The second-order valence-corrected chi connectivity index (χ2v) is 8.32. The van der Waals surface area contributed by atoms with E-state index >= 15 is 0 Å². The average molecular weight is 336 g/mol. The molecule has 0 aliphatic carbocycles. The minimum atomic E-state index is -3.24. The molecule has 0 saturated heterocycles. The molecular formula is C14H19ClFNO3S. The maximum absolute atomic E-state index is 13.1. The smallest absolute Gasteiger partial charge is 0.224 e. The van der Waals surface area contributed by atoms with Crippen molar-refractivity contribution in [3.05, 3.63) is 34.6 Å². The van der Waals surface area contributed by atoms with Crippen LogP contribution in [0.1, 0.15) is 26.3 Å². The quantitative estimate of drug-likeness (QED) is 0.899. The molecule has 1 amide bonds. The molecule has 0 aliphatic rings. The second kappa shape index (κ2) is 6.32. The Kier molecular flexibility index (Phi) is 5.39. The zero-order chi connectivity index (χ0) is 16.4. The largest absolute Gasteiger partial charge is 0.347 e. The molecule has 0 heterocycles. The Morgan fingerprint density at radius 2 is 2.00 bits per heavy atom. The summed E-state index contributed by atoms with van der Waals surface area (Å²) in [7, 11) is -3.24. The summed E-state index contributed by atoms with van der Waals surface area (Å²) in [5, 5.41) is 2.95. The summed E-state index contributed by atoms with van der Waals surface area (Å²) >= 11 is 6.00. The number of amides is 1. The van der Waals surface area contributed by atoms with Gasteiger partial charge in [0.25, 0.3) is 0 Å². The molecule has 1 N–H and O–H groups in total. The maximum Gasteiger partial charge on any atom is 0.224 e. The molecule has 0 fully saturated rings. The lowest BCUT2D eigenvalue weighted by molar-refractivity contribution is -0.125. The summed E-state index contributed by atoms with van der Waals surface area (Å²) in [4.78, 5) is 12.1. The van der Waals surface area contributed by atoms with E-state index in [-0.39, 0.29) is 10.8 Å². The van der Waals surface area contributed by atoms with Gasteiger partial charge >= 0.3 is 0 Å². The number of rotatable bonds is 5. The summed E-state index contributed by atoms with van der Waals surface area (Å²) < 4.78 is 35.5. The third-order valence-electron chi connectivity index (χ3n) is 3.04.